The summed E-state index contributed by atoms with van der Waals surface area (Å²) in [7, 11) is -3.59. The lowest BCUT2D eigenvalue weighted by Crippen LogP contribution is -2.12. The lowest BCUT2D eigenvalue weighted by Gasteiger charge is -2.05. The van der Waals surface area contributed by atoms with Crippen LogP contribution in [0.4, 0.5) is 5.69 Å². The maximum absolute atomic E-state index is 12.2. The van der Waals surface area contributed by atoms with Gasteiger partial charge in [-0.1, -0.05) is 18.2 Å². The molecule has 0 spiro atoms. The fraction of sp³-hybridized carbons (Fsp3) is 0.0667. The molecule has 2 aromatic heterocycles. The van der Waals surface area contributed by atoms with E-state index in [4.69, 9.17) is 0 Å². The standard InChI is InChI=1S/C15H14N4O2S/c20-22(21,15-4-2-1-3-5-15)18-14-10-17-19(12-14)11-13-6-8-16-9-7-13/h1-10,12,18H,11H2. The molecule has 3 rings (SSSR count). The Kier molecular flexibility index (Phi) is 3.88. The van der Waals surface area contributed by atoms with Gasteiger partial charge in [-0.25, -0.2) is 8.42 Å². The van der Waals surface area contributed by atoms with Crippen molar-refractivity contribution in [3.63, 3.8) is 0 Å². The van der Waals surface area contributed by atoms with E-state index in [0.29, 0.717) is 12.2 Å². The molecule has 0 atom stereocenters. The Morgan fingerprint density at radius 3 is 2.50 bits per heavy atom. The van der Waals surface area contributed by atoms with Gasteiger partial charge in [0.25, 0.3) is 10.0 Å². The molecular formula is C15H14N4O2S. The molecule has 0 unspecified atom stereocenters. The molecule has 7 heteroatoms. The van der Waals surface area contributed by atoms with Gasteiger partial charge in [-0.3, -0.25) is 14.4 Å². The van der Waals surface area contributed by atoms with Crippen LogP contribution in [0, 0.1) is 0 Å². The first-order chi connectivity index (χ1) is 10.6. The predicted octanol–water partition coefficient (Wildman–Crippen LogP) is 2.13. The number of sulfonamides is 1. The number of nitrogens with one attached hydrogen (secondary N) is 1. The highest BCUT2D eigenvalue weighted by atomic mass is 32.2. The highest BCUT2D eigenvalue weighted by Crippen LogP contribution is 2.15. The second-order valence-corrected chi connectivity index (χ2v) is 6.38. The monoisotopic (exact) mass is 314 g/mol. The van der Waals surface area contributed by atoms with Crippen LogP contribution in [0.25, 0.3) is 0 Å². The van der Waals surface area contributed by atoms with Gasteiger partial charge in [0.2, 0.25) is 0 Å². The first kappa shape index (κ1) is 14.3. The van der Waals surface area contributed by atoms with Crippen LogP contribution in [0.3, 0.4) is 0 Å². The molecular weight excluding hydrogens is 300 g/mol. The molecule has 0 fully saturated rings. The molecule has 112 valence electrons. The average molecular weight is 314 g/mol. The zero-order chi connectivity index (χ0) is 15.4. The van der Waals surface area contributed by atoms with Crippen LogP contribution in [-0.2, 0) is 16.6 Å². The topological polar surface area (TPSA) is 76.9 Å². The van der Waals surface area contributed by atoms with E-state index >= 15 is 0 Å². The number of aromatic nitrogens is 3. The Bertz CT molecular complexity index is 846. The van der Waals surface area contributed by atoms with Crippen LogP contribution in [0.2, 0.25) is 0 Å². The van der Waals surface area contributed by atoms with Crippen LogP contribution in [0.15, 0.2) is 72.1 Å². The number of benzene rings is 1. The summed E-state index contributed by atoms with van der Waals surface area (Å²) in [5, 5.41) is 4.16. The van der Waals surface area contributed by atoms with Crippen LogP contribution < -0.4 is 4.72 Å². The molecule has 1 aromatic carbocycles. The van der Waals surface area contributed by atoms with Gasteiger partial charge in [0, 0.05) is 18.6 Å². The van der Waals surface area contributed by atoms with Crippen molar-refractivity contribution in [1.29, 1.82) is 0 Å². The predicted molar refractivity (Wildman–Crippen MR) is 82.8 cm³/mol. The van der Waals surface area contributed by atoms with Gasteiger partial charge >= 0.3 is 0 Å². The highest BCUT2D eigenvalue weighted by molar-refractivity contribution is 7.92. The van der Waals surface area contributed by atoms with Crippen molar-refractivity contribution < 1.29 is 8.42 Å². The van der Waals surface area contributed by atoms with Gasteiger partial charge in [0.1, 0.15) is 0 Å². The zero-order valence-electron chi connectivity index (χ0n) is 11.6. The van der Waals surface area contributed by atoms with Gasteiger partial charge in [-0.05, 0) is 29.8 Å². The average Bonchev–Trinajstić information content (AvgIpc) is 2.95. The smallest absolute Gasteiger partial charge is 0.261 e. The summed E-state index contributed by atoms with van der Waals surface area (Å²) in [6, 6.07) is 12.0. The number of nitrogens with zero attached hydrogens (tertiary/aromatic N) is 3. The second-order valence-electron chi connectivity index (χ2n) is 4.70. The maximum atomic E-state index is 12.2. The number of hydrogen-bond acceptors (Lipinski definition) is 4. The molecule has 0 aliphatic heterocycles. The first-order valence-electron chi connectivity index (χ1n) is 6.63. The number of anilines is 1. The Morgan fingerprint density at radius 1 is 1.05 bits per heavy atom. The minimum absolute atomic E-state index is 0.219. The van der Waals surface area contributed by atoms with Gasteiger partial charge in [0.15, 0.2) is 0 Å². The van der Waals surface area contributed by atoms with Crippen molar-refractivity contribution >= 4 is 15.7 Å². The summed E-state index contributed by atoms with van der Waals surface area (Å²) in [5.74, 6) is 0. The van der Waals surface area contributed by atoms with Gasteiger partial charge in [0.05, 0.1) is 23.3 Å². The van der Waals surface area contributed by atoms with E-state index in [1.165, 1.54) is 6.20 Å². The molecule has 6 nitrogen and oxygen atoms in total. The SMILES string of the molecule is O=S(=O)(Nc1cnn(Cc2ccncc2)c1)c1ccccc1. The van der Waals surface area contributed by atoms with Crippen molar-refractivity contribution in [3.8, 4) is 0 Å². The Balaban J connectivity index is 1.75. The van der Waals surface area contributed by atoms with E-state index in [-0.39, 0.29) is 4.90 Å². The maximum Gasteiger partial charge on any atom is 0.261 e. The van der Waals surface area contributed by atoms with E-state index in [2.05, 4.69) is 14.8 Å². The van der Waals surface area contributed by atoms with Crippen molar-refractivity contribution in [3.05, 3.63) is 72.8 Å². The Morgan fingerprint density at radius 2 is 1.77 bits per heavy atom. The molecule has 0 radical (unpaired) electrons. The number of hydrogen-bond donors (Lipinski definition) is 1. The van der Waals surface area contributed by atoms with Crippen LogP contribution >= 0.6 is 0 Å². The summed E-state index contributed by atoms with van der Waals surface area (Å²) < 4.78 is 28.6. The van der Waals surface area contributed by atoms with Crippen LogP contribution in [-0.4, -0.2) is 23.2 Å². The second kappa shape index (κ2) is 5.98. The van der Waals surface area contributed by atoms with E-state index in [9.17, 15) is 8.42 Å². The molecule has 0 amide bonds. The van der Waals surface area contributed by atoms with E-state index in [1.807, 2.05) is 12.1 Å². The third-order valence-electron chi connectivity index (χ3n) is 3.03. The fourth-order valence-corrected chi connectivity index (χ4v) is 3.04. The van der Waals surface area contributed by atoms with Crippen LogP contribution in [0.1, 0.15) is 5.56 Å². The lowest BCUT2D eigenvalue weighted by atomic mass is 10.3. The van der Waals surface area contributed by atoms with E-state index < -0.39 is 10.0 Å². The van der Waals surface area contributed by atoms with Gasteiger partial charge in [-0.15, -0.1) is 0 Å². The third kappa shape index (κ3) is 3.32. The highest BCUT2D eigenvalue weighted by Gasteiger charge is 2.14. The molecule has 3 aromatic rings. The summed E-state index contributed by atoms with van der Waals surface area (Å²) >= 11 is 0. The third-order valence-corrected chi connectivity index (χ3v) is 4.43. The van der Waals surface area contributed by atoms with Gasteiger partial charge in [-0.2, -0.15) is 5.10 Å². The van der Waals surface area contributed by atoms with Gasteiger partial charge < -0.3 is 0 Å². The Hall–Kier alpha value is -2.67. The van der Waals surface area contributed by atoms with Crippen molar-refractivity contribution in [1.82, 2.24) is 14.8 Å². The summed E-state index contributed by atoms with van der Waals surface area (Å²) in [6.45, 7) is 0.551. The molecule has 0 saturated heterocycles. The number of pyridine rings is 1. The largest absolute Gasteiger partial charge is 0.276 e. The lowest BCUT2D eigenvalue weighted by molar-refractivity contribution is 0.601. The molecule has 22 heavy (non-hydrogen) atoms. The Labute approximate surface area is 128 Å². The fourth-order valence-electron chi connectivity index (χ4n) is 1.99. The molecule has 0 saturated carbocycles. The van der Waals surface area contributed by atoms with Crippen molar-refractivity contribution in [2.45, 2.75) is 11.4 Å². The molecule has 0 aliphatic carbocycles. The first-order valence-corrected chi connectivity index (χ1v) is 8.11. The quantitative estimate of drug-likeness (QED) is 0.782. The summed E-state index contributed by atoms with van der Waals surface area (Å²) in [5.41, 5.74) is 1.47. The molecule has 1 N–H and O–H groups in total. The summed E-state index contributed by atoms with van der Waals surface area (Å²) in [6.07, 6.45) is 6.55. The normalized spacial score (nSPS) is 11.3. The number of rotatable bonds is 5. The van der Waals surface area contributed by atoms with Crippen molar-refractivity contribution in [2.75, 3.05) is 4.72 Å². The molecule has 0 aliphatic rings. The summed E-state index contributed by atoms with van der Waals surface area (Å²) in [4.78, 5) is 4.17. The van der Waals surface area contributed by atoms with Crippen LogP contribution in [0.5, 0.6) is 0 Å². The van der Waals surface area contributed by atoms with Crippen molar-refractivity contribution in [2.24, 2.45) is 0 Å². The van der Waals surface area contributed by atoms with E-state index in [0.717, 1.165) is 5.56 Å². The molecule has 0 bridgehead atoms. The molecule has 2 heterocycles. The minimum Gasteiger partial charge on any atom is -0.276 e. The minimum atomic E-state index is -3.59. The zero-order valence-corrected chi connectivity index (χ0v) is 12.4. The van der Waals surface area contributed by atoms with E-state index in [1.54, 1.807) is 53.6 Å².